The molecule has 0 aliphatic heterocycles. The average Bonchev–Trinajstić information content (AvgIpc) is 2.78. The molecule has 2 unspecified atom stereocenters. The van der Waals surface area contributed by atoms with Gasteiger partial charge in [-0.1, -0.05) is 13.3 Å². The molecule has 4 heteroatoms. The van der Waals surface area contributed by atoms with Crippen LogP contribution in [0.3, 0.4) is 0 Å². The van der Waals surface area contributed by atoms with E-state index in [-0.39, 0.29) is 5.92 Å². The van der Waals surface area contributed by atoms with Crippen LogP contribution in [0, 0.1) is 11.3 Å². The van der Waals surface area contributed by atoms with Gasteiger partial charge in [0, 0.05) is 11.1 Å². The van der Waals surface area contributed by atoms with E-state index in [9.17, 15) is 9.90 Å². The van der Waals surface area contributed by atoms with Crippen molar-refractivity contribution >= 4 is 17.5 Å². The van der Waals surface area contributed by atoms with Crippen LogP contribution in [0.2, 0.25) is 0 Å². The predicted octanol–water partition coefficient (Wildman–Crippen LogP) is 2.58. The minimum absolute atomic E-state index is 0.275. The summed E-state index contributed by atoms with van der Waals surface area (Å²) in [6, 6.07) is 1.93. The van der Waals surface area contributed by atoms with Gasteiger partial charge in [-0.15, -0.1) is 0 Å². The molecule has 1 aromatic heterocycles. The summed E-state index contributed by atoms with van der Waals surface area (Å²) in [5.74, 6) is -0.363. The number of carboxylic acid groups (broad SMARTS) is 1. The van der Waals surface area contributed by atoms with Crippen LogP contribution in [-0.4, -0.2) is 15.4 Å². The minimum Gasteiger partial charge on any atom is -0.481 e. The molecule has 3 nitrogen and oxygen atoms in total. The van der Waals surface area contributed by atoms with E-state index in [0.717, 1.165) is 24.1 Å². The summed E-state index contributed by atoms with van der Waals surface area (Å²) in [5, 5.41) is 9.42. The molecule has 82 valence electrons. The maximum Gasteiger partial charge on any atom is 0.310 e. The fraction of sp³-hybridized carbons (Fsp3) is 0.636. The molecule has 1 fully saturated rings. The van der Waals surface area contributed by atoms with Crippen LogP contribution in [-0.2, 0) is 11.2 Å². The maximum atomic E-state index is 11.4. The molecule has 0 amide bonds. The van der Waals surface area contributed by atoms with Crippen LogP contribution in [0.4, 0.5) is 0 Å². The summed E-state index contributed by atoms with van der Waals surface area (Å²) in [5.41, 5.74) is -0.535. The topological polar surface area (TPSA) is 50.2 Å². The number of hydrogen-bond donors (Lipinski definition) is 1. The van der Waals surface area contributed by atoms with Gasteiger partial charge in [0.15, 0.2) is 0 Å². The van der Waals surface area contributed by atoms with Crippen molar-refractivity contribution in [2.45, 2.75) is 32.6 Å². The fourth-order valence-electron chi connectivity index (χ4n) is 2.55. The van der Waals surface area contributed by atoms with E-state index in [4.69, 9.17) is 0 Å². The lowest BCUT2D eigenvalue weighted by Gasteiger charge is -2.28. The molecule has 0 saturated heterocycles. The molecule has 1 aliphatic carbocycles. The predicted molar refractivity (Wildman–Crippen MR) is 58.9 cm³/mol. The molecular weight excluding hydrogens is 210 g/mol. The van der Waals surface area contributed by atoms with Gasteiger partial charge in [-0.2, -0.15) is 0 Å². The van der Waals surface area contributed by atoms with Gasteiger partial charge in [0.25, 0.3) is 0 Å². The number of carbonyl (C=O) groups is 1. The number of aliphatic carboxylic acids is 1. The first-order valence-electron chi connectivity index (χ1n) is 5.28. The normalized spacial score (nSPS) is 30.6. The molecule has 1 aliphatic rings. The van der Waals surface area contributed by atoms with Crippen LogP contribution in [0.25, 0.3) is 0 Å². The monoisotopic (exact) mass is 225 g/mol. The second-order valence-electron chi connectivity index (χ2n) is 4.41. The molecule has 15 heavy (non-hydrogen) atoms. The Morgan fingerprint density at radius 2 is 2.60 bits per heavy atom. The molecule has 0 bridgehead atoms. The average molecular weight is 225 g/mol. The third-order valence-electron chi connectivity index (χ3n) is 3.61. The Morgan fingerprint density at radius 1 is 1.80 bits per heavy atom. The second-order valence-corrected chi connectivity index (χ2v) is 5.33. The third kappa shape index (κ3) is 1.78. The number of carboxylic acids is 1. The van der Waals surface area contributed by atoms with Gasteiger partial charge in [-0.25, -0.2) is 4.37 Å². The van der Waals surface area contributed by atoms with Gasteiger partial charge < -0.3 is 5.11 Å². The Kier molecular flexibility index (Phi) is 2.78. The van der Waals surface area contributed by atoms with Crippen molar-refractivity contribution in [2.75, 3.05) is 0 Å². The molecular formula is C11H15NO2S. The van der Waals surface area contributed by atoms with Crippen molar-refractivity contribution in [3.63, 3.8) is 0 Å². The molecule has 1 aromatic rings. The van der Waals surface area contributed by atoms with Crippen LogP contribution in [0.15, 0.2) is 12.3 Å². The van der Waals surface area contributed by atoms with Gasteiger partial charge in [0.1, 0.15) is 0 Å². The highest BCUT2D eigenvalue weighted by molar-refractivity contribution is 7.05. The standard InChI is InChI=1S/C11H15NO2S/c1-8-3-2-5-11(8,10(13)14)7-9-4-6-12-15-9/h4,6,8H,2-3,5,7H2,1H3,(H,13,14). The summed E-state index contributed by atoms with van der Waals surface area (Å²) in [7, 11) is 0. The van der Waals surface area contributed by atoms with E-state index in [2.05, 4.69) is 11.3 Å². The van der Waals surface area contributed by atoms with Gasteiger partial charge >= 0.3 is 5.97 Å². The van der Waals surface area contributed by atoms with Gasteiger partial charge in [0.2, 0.25) is 0 Å². The van der Waals surface area contributed by atoms with Crippen molar-refractivity contribution in [3.05, 3.63) is 17.1 Å². The van der Waals surface area contributed by atoms with Gasteiger partial charge in [-0.05, 0) is 42.8 Å². The smallest absolute Gasteiger partial charge is 0.310 e. The zero-order valence-corrected chi connectivity index (χ0v) is 9.59. The largest absolute Gasteiger partial charge is 0.481 e. The van der Waals surface area contributed by atoms with Crippen LogP contribution < -0.4 is 0 Å². The van der Waals surface area contributed by atoms with Crippen molar-refractivity contribution in [2.24, 2.45) is 11.3 Å². The number of hydrogen-bond acceptors (Lipinski definition) is 3. The summed E-state index contributed by atoms with van der Waals surface area (Å²) < 4.78 is 4.03. The minimum atomic E-state index is -0.638. The number of nitrogens with zero attached hydrogens (tertiary/aromatic N) is 1. The van der Waals surface area contributed by atoms with Gasteiger partial charge in [0.05, 0.1) is 5.41 Å². The molecule has 1 heterocycles. The molecule has 0 spiro atoms. The Labute approximate surface area is 93.3 Å². The highest BCUT2D eigenvalue weighted by Crippen LogP contribution is 2.46. The summed E-state index contributed by atoms with van der Waals surface area (Å²) in [4.78, 5) is 12.5. The Hall–Kier alpha value is -0.900. The van der Waals surface area contributed by atoms with E-state index in [0.29, 0.717) is 6.42 Å². The highest BCUT2D eigenvalue weighted by atomic mass is 32.1. The number of aromatic nitrogens is 1. The SMILES string of the molecule is CC1CCCC1(Cc1ccns1)C(=O)O. The van der Waals surface area contributed by atoms with Crippen molar-refractivity contribution in [1.82, 2.24) is 4.37 Å². The zero-order chi connectivity index (χ0) is 10.9. The van der Waals surface area contributed by atoms with Crippen molar-refractivity contribution in [1.29, 1.82) is 0 Å². The van der Waals surface area contributed by atoms with E-state index in [1.54, 1.807) is 6.20 Å². The van der Waals surface area contributed by atoms with Crippen LogP contribution in [0.5, 0.6) is 0 Å². The molecule has 1 N–H and O–H groups in total. The zero-order valence-electron chi connectivity index (χ0n) is 8.77. The van der Waals surface area contributed by atoms with Crippen LogP contribution in [0.1, 0.15) is 31.1 Å². The number of rotatable bonds is 3. The summed E-state index contributed by atoms with van der Waals surface area (Å²) in [6.07, 6.45) is 5.27. The fourth-order valence-corrected chi connectivity index (χ4v) is 3.25. The third-order valence-corrected chi connectivity index (χ3v) is 4.35. The lowest BCUT2D eigenvalue weighted by Crippen LogP contribution is -2.35. The first-order valence-corrected chi connectivity index (χ1v) is 6.05. The van der Waals surface area contributed by atoms with Crippen LogP contribution >= 0.6 is 11.5 Å². The Bertz CT molecular complexity index is 349. The molecule has 2 rings (SSSR count). The molecule has 0 radical (unpaired) electrons. The quantitative estimate of drug-likeness (QED) is 0.860. The molecule has 0 aromatic carbocycles. The van der Waals surface area contributed by atoms with E-state index >= 15 is 0 Å². The summed E-state index contributed by atoms with van der Waals surface area (Å²) >= 11 is 1.41. The lowest BCUT2D eigenvalue weighted by atomic mass is 9.75. The molecule has 1 saturated carbocycles. The van der Waals surface area contributed by atoms with Gasteiger partial charge in [-0.3, -0.25) is 4.79 Å². The van der Waals surface area contributed by atoms with Crippen molar-refractivity contribution < 1.29 is 9.90 Å². The maximum absolute atomic E-state index is 11.4. The first kappa shape index (κ1) is 10.6. The first-order chi connectivity index (χ1) is 7.15. The second kappa shape index (κ2) is 3.93. The Morgan fingerprint density at radius 3 is 3.07 bits per heavy atom. The summed E-state index contributed by atoms with van der Waals surface area (Å²) in [6.45, 7) is 2.06. The van der Waals surface area contributed by atoms with E-state index in [1.807, 2.05) is 6.07 Å². The molecule has 2 atom stereocenters. The van der Waals surface area contributed by atoms with E-state index in [1.165, 1.54) is 11.5 Å². The van der Waals surface area contributed by atoms with E-state index < -0.39 is 11.4 Å². The van der Waals surface area contributed by atoms with Crippen molar-refractivity contribution in [3.8, 4) is 0 Å². The Balaban J connectivity index is 2.24. The lowest BCUT2D eigenvalue weighted by molar-refractivity contribution is -0.150. The highest BCUT2D eigenvalue weighted by Gasteiger charge is 2.47.